The molecule has 0 aliphatic carbocycles. The molecule has 1 aliphatic rings. The van der Waals surface area contributed by atoms with Crippen LogP contribution in [0.1, 0.15) is 85.1 Å². The van der Waals surface area contributed by atoms with Crippen molar-refractivity contribution in [2.75, 3.05) is 13.6 Å². The van der Waals surface area contributed by atoms with Crippen LogP contribution in [0.3, 0.4) is 0 Å². The molecule has 1 saturated heterocycles. The number of carbonyl (C=O) groups excluding carboxylic acids is 5. The van der Waals surface area contributed by atoms with Gasteiger partial charge in [0.25, 0.3) is 5.91 Å². The van der Waals surface area contributed by atoms with Gasteiger partial charge in [-0.3, -0.25) is 24.2 Å². The molecule has 0 radical (unpaired) electrons. The molecule has 12 heteroatoms. The van der Waals surface area contributed by atoms with Crippen molar-refractivity contribution in [3.8, 4) is 0 Å². The number of carbonyl (C=O) groups is 6. The van der Waals surface area contributed by atoms with Crippen molar-refractivity contribution in [1.29, 1.82) is 0 Å². The standard InChI is InChI=1S/C20H30N4O4.C20H30O4/c1-13(2)17(21-3)18(25)22-16(12-14-8-5-4-6-9-14)19(26)24-11-7-10-15(23-24)20(27)28;1-16(13-14-21)9-7-5-4-6-8-10-17(2)20(24)19(15-22)12-11-18(3)23/h4-6,8-9,13,15-17,21,23H,7,10-12H2,1-3H3,(H,22,25)(H,27,28);4-6,8,13-15,17,19-20,24H,7,9-12H2,1-3H3/b;5-4+,8-6+,16-13+. The molecule has 288 valence electrons. The van der Waals surface area contributed by atoms with Crippen molar-refractivity contribution in [3.63, 3.8) is 0 Å². The Kier molecular flexibility index (Phi) is 22.6. The van der Waals surface area contributed by atoms with Gasteiger partial charge in [-0.2, -0.15) is 0 Å². The Hall–Kier alpha value is -4.26. The molecule has 1 heterocycles. The van der Waals surface area contributed by atoms with Gasteiger partial charge in [0.1, 0.15) is 30.4 Å². The van der Waals surface area contributed by atoms with Gasteiger partial charge >= 0.3 is 5.97 Å². The molecule has 1 fully saturated rings. The summed E-state index contributed by atoms with van der Waals surface area (Å²) in [6.45, 7) is 9.58. The number of aldehydes is 2. The number of allylic oxidation sites excluding steroid dienone is 6. The van der Waals surface area contributed by atoms with Crippen LogP contribution in [0.5, 0.6) is 0 Å². The Morgan fingerprint density at radius 2 is 1.69 bits per heavy atom. The quantitative estimate of drug-likeness (QED) is 0.0703. The summed E-state index contributed by atoms with van der Waals surface area (Å²) in [4.78, 5) is 69.5. The second kappa shape index (κ2) is 25.7. The fourth-order valence-electron chi connectivity index (χ4n) is 5.70. The van der Waals surface area contributed by atoms with Gasteiger partial charge < -0.3 is 30.4 Å². The Morgan fingerprint density at radius 1 is 1.02 bits per heavy atom. The van der Waals surface area contributed by atoms with E-state index in [4.69, 9.17) is 0 Å². The summed E-state index contributed by atoms with van der Waals surface area (Å²) in [5, 5.41) is 26.6. The monoisotopic (exact) mass is 724 g/mol. The minimum absolute atomic E-state index is 0.0324. The van der Waals surface area contributed by atoms with Crippen LogP contribution >= 0.6 is 0 Å². The molecule has 2 rings (SSSR count). The Labute approximate surface area is 309 Å². The Bertz CT molecular complexity index is 1360. The van der Waals surface area contributed by atoms with Crippen LogP contribution in [0.15, 0.2) is 66.3 Å². The minimum Gasteiger partial charge on any atom is -0.480 e. The molecule has 1 aromatic rings. The van der Waals surface area contributed by atoms with E-state index in [1.165, 1.54) is 11.9 Å². The van der Waals surface area contributed by atoms with Gasteiger partial charge in [-0.1, -0.05) is 81.0 Å². The first kappa shape index (κ1) is 45.8. The average molecular weight is 725 g/mol. The topological polar surface area (TPSA) is 182 Å². The average Bonchev–Trinajstić information content (AvgIpc) is 3.11. The van der Waals surface area contributed by atoms with Gasteiger partial charge in [-0.25, -0.2) is 5.43 Å². The number of ketones is 1. The second-order valence-electron chi connectivity index (χ2n) is 13.7. The van der Waals surface area contributed by atoms with E-state index in [9.17, 15) is 39.0 Å². The zero-order valence-electron chi connectivity index (χ0n) is 31.6. The number of aliphatic hydroxyl groups excluding tert-OH is 1. The molecule has 1 aromatic carbocycles. The molecule has 0 saturated carbocycles. The van der Waals surface area contributed by atoms with E-state index < -0.39 is 36.1 Å². The number of nitrogens with zero attached hydrogens (tertiary/aromatic N) is 1. The number of aliphatic carboxylic acids is 1. The first-order chi connectivity index (χ1) is 24.7. The van der Waals surface area contributed by atoms with E-state index in [0.29, 0.717) is 45.1 Å². The van der Waals surface area contributed by atoms with Gasteiger partial charge in [-0.05, 0) is 82.9 Å². The maximum absolute atomic E-state index is 13.1. The number of nitrogens with one attached hydrogen (secondary N) is 3. The predicted octanol–water partition coefficient (Wildman–Crippen LogP) is 4.13. The number of carboxylic acids is 1. The molecule has 0 spiro atoms. The van der Waals surface area contributed by atoms with Crippen molar-refractivity contribution in [2.24, 2.45) is 17.8 Å². The van der Waals surface area contributed by atoms with Crippen LogP contribution < -0.4 is 16.1 Å². The molecule has 6 atom stereocenters. The molecule has 1 aliphatic heterocycles. The van der Waals surface area contributed by atoms with Crippen LogP contribution in [0.2, 0.25) is 0 Å². The van der Waals surface area contributed by atoms with Crippen molar-refractivity contribution >= 4 is 36.1 Å². The highest BCUT2D eigenvalue weighted by molar-refractivity contribution is 5.90. The number of hydrazine groups is 1. The first-order valence-corrected chi connectivity index (χ1v) is 18.1. The molecular weight excluding hydrogens is 664 g/mol. The van der Waals surface area contributed by atoms with Gasteiger partial charge in [0, 0.05) is 25.3 Å². The molecule has 5 N–H and O–H groups in total. The number of likely N-dealkylation sites (N-methyl/N-ethyl adjacent to an activating group) is 1. The lowest BCUT2D eigenvalue weighted by Crippen LogP contribution is -2.61. The molecule has 0 bridgehead atoms. The third kappa shape index (κ3) is 17.8. The summed E-state index contributed by atoms with van der Waals surface area (Å²) >= 11 is 0. The lowest BCUT2D eigenvalue weighted by Gasteiger charge is -2.35. The van der Waals surface area contributed by atoms with Crippen LogP contribution in [-0.4, -0.2) is 89.2 Å². The van der Waals surface area contributed by atoms with Crippen molar-refractivity contribution in [2.45, 2.75) is 110 Å². The predicted molar refractivity (Wildman–Crippen MR) is 202 cm³/mol. The number of Topliss-reactive ketones (excluding diaryl/α,β-unsaturated/α-hetero) is 1. The fraction of sp³-hybridized carbons (Fsp3) is 0.550. The summed E-state index contributed by atoms with van der Waals surface area (Å²) in [6.07, 6.45) is 14.8. The molecule has 2 amide bonds. The van der Waals surface area contributed by atoms with Crippen LogP contribution in [0, 0.1) is 17.8 Å². The molecule has 12 nitrogen and oxygen atoms in total. The third-order valence-electron chi connectivity index (χ3n) is 8.88. The zero-order valence-corrected chi connectivity index (χ0v) is 31.6. The number of aliphatic hydroxyl groups is 1. The van der Waals surface area contributed by atoms with Crippen molar-refractivity contribution < 1.29 is 39.0 Å². The molecule has 52 heavy (non-hydrogen) atoms. The van der Waals surface area contributed by atoms with E-state index >= 15 is 0 Å². The van der Waals surface area contributed by atoms with Crippen LogP contribution in [0.25, 0.3) is 0 Å². The zero-order chi connectivity index (χ0) is 39.1. The largest absolute Gasteiger partial charge is 0.480 e. The van der Waals surface area contributed by atoms with Crippen LogP contribution in [-0.2, 0) is 35.2 Å². The van der Waals surface area contributed by atoms with Gasteiger partial charge in [0.2, 0.25) is 5.91 Å². The number of amides is 2. The van der Waals surface area contributed by atoms with Gasteiger partial charge in [0.15, 0.2) is 0 Å². The highest BCUT2D eigenvalue weighted by atomic mass is 16.4. The lowest BCUT2D eigenvalue weighted by atomic mass is 9.87. The summed E-state index contributed by atoms with van der Waals surface area (Å²) in [5.41, 5.74) is 4.75. The lowest BCUT2D eigenvalue weighted by molar-refractivity contribution is -0.148. The Balaban J connectivity index is 0.000000528. The van der Waals surface area contributed by atoms with E-state index in [0.717, 1.165) is 36.6 Å². The fourth-order valence-corrected chi connectivity index (χ4v) is 5.70. The summed E-state index contributed by atoms with van der Waals surface area (Å²) < 4.78 is 0. The number of carboxylic acid groups (broad SMARTS) is 1. The van der Waals surface area contributed by atoms with Gasteiger partial charge in [0.05, 0.1) is 12.1 Å². The molecular formula is C40H60N4O8. The molecule has 6 unspecified atom stereocenters. The van der Waals surface area contributed by atoms with Crippen LogP contribution in [0.4, 0.5) is 0 Å². The highest BCUT2D eigenvalue weighted by Crippen LogP contribution is 2.20. The second-order valence-corrected chi connectivity index (χ2v) is 13.7. The van der Waals surface area contributed by atoms with E-state index in [1.54, 1.807) is 13.1 Å². The van der Waals surface area contributed by atoms with Crippen molar-refractivity contribution in [1.82, 2.24) is 21.1 Å². The molecule has 0 aromatic heterocycles. The summed E-state index contributed by atoms with van der Waals surface area (Å²) in [5.74, 6) is -2.02. The van der Waals surface area contributed by atoms with Gasteiger partial charge in [-0.15, -0.1) is 0 Å². The number of hydrogen-bond donors (Lipinski definition) is 5. The summed E-state index contributed by atoms with van der Waals surface area (Å²) in [7, 11) is 1.71. The van der Waals surface area contributed by atoms with Crippen molar-refractivity contribution in [3.05, 3.63) is 71.8 Å². The Morgan fingerprint density at radius 3 is 2.27 bits per heavy atom. The minimum atomic E-state index is -0.990. The maximum atomic E-state index is 13.1. The first-order valence-electron chi connectivity index (χ1n) is 18.1. The van der Waals surface area contributed by atoms with E-state index in [1.807, 2.05) is 82.3 Å². The highest BCUT2D eigenvalue weighted by Gasteiger charge is 2.33. The summed E-state index contributed by atoms with van der Waals surface area (Å²) in [6, 6.07) is 7.43. The number of benzene rings is 1. The normalized spacial score (nSPS) is 17.8. The smallest absolute Gasteiger partial charge is 0.322 e. The number of rotatable bonds is 21. The number of hydrogen-bond acceptors (Lipinski definition) is 9. The van der Waals surface area contributed by atoms with E-state index in [2.05, 4.69) is 16.1 Å². The third-order valence-corrected chi connectivity index (χ3v) is 8.88. The SMILES string of the molecule is CC(=O)CCC(C=O)C(O)C(C)C/C=C/C=C/CC/C(C)=C/C=O.CNC(C(=O)NC(Cc1ccccc1)C(=O)N1CCCC(C(=O)O)N1)C(C)C. The van der Waals surface area contributed by atoms with E-state index in [-0.39, 0.29) is 29.4 Å². The maximum Gasteiger partial charge on any atom is 0.322 e.